The first kappa shape index (κ1) is 14.9. The van der Waals surface area contributed by atoms with Crippen molar-refractivity contribution in [1.29, 1.82) is 0 Å². The van der Waals surface area contributed by atoms with Crippen LogP contribution in [0.4, 0.5) is 0 Å². The van der Waals surface area contributed by atoms with Crippen LogP contribution in [-0.4, -0.2) is 31.3 Å². The van der Waals surface area contributed by atoms with Gasteiger partial charge in [0.05, 0.1) is 18.5 Å². The highest BCUT2D eigenvalue weighted by Crippen LogP contribution is 2.08. The van der Waals surface area contributed by atoms with Crippen LogP contribution in [0.15, 0.2) is 18.3 Å². The molecule has 0 saturated carbocycles. The molecule has 0 bridgehead atoms. The van der Waals surface area contributed by atoms with E-state index in [4.69, 9.17) is 9.47 Å². The molecular formula is C14H24N2O2. The fourth-order valence-electron chi connectivity index (χ4n) is 1.45. The van der Waals surface area contributed by atoms with Crippen molar-refractivity contribution in [2.24, 2.45) is 5.92 Å². The van der Waals surface area contributed by atoms with Crippen LogP contribution in [-0.2, 0) is 11.3 Å². The predicted molar refractivity (Wildman–Crippen MR) is 72.8 cm³/mol. The maximum atomic E-state index is 5.50. The summed E-state index contributed by atoms with van der Waals surface area (Å²) < 4.78 is 10.7. The van der Waals surface area contributed by atoms with Gasteiger partial charge in [-0.2, -0.15) is 0 Å². The monoisotopic (exact) mass is 252 g/mol. The van der Waals surface area contributed by atoms with Gasteiger partial charge in [0.1, 0.15) is 12.4 Å². The molecule has 1 aromatic rings. The zero-order valence-electron chi connectivity index (χ0n) is 11.6. The van der Waals surface area contributed by atoms with Crippen LogP contribution in [0.25, 0.3) is 0 Å². The molecule has 102 valence electrons. The second-order valence-corrected chi connectivity index (χ2v) is 4.56. The lowest BCUT2D eigenvalue weighted by molar-refractivity contribution is 0.110. The molecule has 4 heteroatoms. The van der Waals surface area contributed by atoms with Crippen molar-refractivity contribution >= 4 is 0 Å². The Morgan fingerprint density at radius 3 is 2.72 bits per heavy atom. The summed E-state index contributed by atoms with van der Waals surface area (Å²) >= 11 is 0. The van der Waals surface area contributed by atoms with Gasteiger partial charge in [-0.05, 0) is 31.5 Å². The van der Waals surface area contributed by atoms with Crippen molar-refractivity contribution in [3.8, 4) is 5.75 Å². The fraction of sp³-hybridized carbons (Fsp3) is 0.643. The molecule has 0 spiro atoms. The molecule has 0 amide bonds. The number of rotatable bonds is 9. The number of aromatic nitrogens is 1. The first-order valence-electron chi connectivity index (χ1n) is 6.58. The zero-order chi connectivity index (χ0) is 13.2. The van der Waals surface area contributed by atoms with Gasteiger partial charge in [0.25, 0.3) is 0 Å². The molecule has 18 heavy (non-hydrogen) atoms. The lowest BCUT2D eigenvalue weighted by Gasteiger charge is -2.08. The van der Waals surface area contributed by atoms with Gasteiger partial charge in [-0.3, -0.25) is 4.98 Å². The van der Waals surface area contributed by atoms with Crippen LogP contribution in [0.5, 0.6) is 5.75 Å². The fourth-order valence-corrected chi connectivity index (χ4v) is 1.45. The molecular weight excluding hydrogens is 228 g/mol. The number of nitrogens with zero attached hydrogens (tertiary/aromatic N) is 1. The van der Waals surface area contributed by atoms with E-state index in [1.54, 1.807) is 6.20 Å². The van der Waals surface area contributed by atoms with Crippen LogP contribution in [0.3, 0.4) is 0 Å². The summed E-state index contributed by atoms with van der Waals surface area (Å²) in [6.07, 6.45) is 1.76. The largest absolute Gasteiger partial charge is 0.490 e. The Bertz CT molecular complexity index is 312. The summed E-state index contributed by atoms with van der Waals surface area (Å²) in [6, 6.07) is 3.94. The van der Waals surface area contributed by atoms with Crippen LogP contribution in [0, 0.1) is 5.92 Å². The lowest BCUT2D eigenvalue weighted by atomic mass is 10.2. The van der Waals surface area contributed by atoms with Gasteiger partial charge < -0.3 is 14.8 Å². The smallest absolute Gasteiger partial charge is 0.137 e. The van der Waals surface area contributed by atoms with Gasteiger partial charge in [-0.15, -0.1) is 0 Å². The molecule has 0 aromatic carbocycles. The highest BCUT2D eigenvalue weighted by atomic mass is 16.5. The molecule has 1 heterocycles. The Balaban J connectivity index is 2.24. The highest BCUT2D eigenvalue weighted by Gasteiger charge is 1.98. The maximum Gasteiger partial charge on any atom is 0.137 e. The molecule has 0 aliphatic heterocycles. The van der Waals surface area contributed by atoms with E-state index < -0.39 is 0 Å². The average molecular weight is 252 g/mol. The van der Waals surface area contributed by atoms with Gasteiger partial charge in [-0.25, -0.2) is 0 Å². The van der Waals surface area contributed by atoms with Crippen molar-refractivity contribution in [2.75, 3.05) is 26.4 Å². The number of hydrogen-bond acceptors (Lipinski definition) is 4. The first-order valence-corrected chi connectivity index (χ1v) is 6.58. The van der Waals surface area contributed by atoms with Crippen LogP contribution in [0.2, 0.25) is 0 Å². The summed E-state index contributed by atoms with van der Waals surface area (Å²) in [5.74, 6) is 1.45. The number of hydrogen-bond donors (Lipinski definition) is 1. The van der Waals surface area contributed by atoms with Gasteiger partial charge in [0.15, 0.2) is 0 Å². The Kier molecular flexibility index (Phi) is 7.37. The van der Waals surface area contributed by atoms with Crippen molar-refractivity contribution < 1.29 is 9.47 Å². The minimum Gasteiger partial charge on any atom is -0.490 e. The van der Waals surface area contributed by atoms with Gasteiger partial charge >= 0.3 is 0 Å². The van der Waals surface area contributed by atoms with E-state index in [1.807, 2.05) is 19.1 Å². The normalized spacial score (nSPS) is 10.9. The molecule has 1 aromatic heterocycles. The van der Waals surface area contributed by atoms with E-state index in [-0.39, 0.29) is 0 Å². The van der Waals surface area contributed by atoms with Crippen molar-refractivity contribution in [3.05, 3.63) is 24.0 Å². The first-order chi connectivity index (χ1) is 8.72. The second-order valence-electron chi connectivity index (χ2n) is 4.56. The maximum absolute atomic E-state index is 5.50. The molecule has 4 nitrogen and oxygen atoms in total. The third-order valence-corrected chi connectivity index (χ3v) is 2.36. The number of nitrogens with one attached hydrogen (secondary N) is 1. The quantitative estimate of drug-likeness (QED) is 0.685. The van der Waals surface area contributed by atoms with Crippen LogP contribution in [0.1, 0.15) is 26.5 Å². The minimum atomic E-state index is 0.570. The van der Waals surface area contributed by atoms with Crippen LogP contribution < -0.4 is 10.1 Å². The molecule has 0 unspecified atom stereocenters. The molecule has 0 aliphatic rings. The third-order valence-electron chi connectivity index (χ3n) is 2.36. The summed E-state index contributed by atoms with van der Waals surface area (Å²) in [5.41, 5.74) is 1.04. The van der Waals surface area contributed by atoms with E-state index in [1.165, 1.54) is 0 Å². The van der Waals surface area contributed by atoms with E-state index in [9.17, 15) is 0 Å². The van der Waals surface area contributed by atoms with Crippen molar-refractivity contribution in [1.82, 2.24) is 10.3 Å². The second kappa shape index (κ2) is 8.89. The predicted octanol–water partition coefficient (Wildman–Crippen LogP) is 2.24. The number of ether oxygens (including phenoxy) is 2. The standard InChI is InChI=1S/C14H24N2O2/c1-4-17-7-8-18-14-6-5-13(16-11-14)10-15-9-12(2)3/h5-6,11-12,15H,4,7-10H2,1-3H3. The Hall–Kier alpha value is -1.13. The summed E-state index contributed by atoms with van der Waals surface area (Å²) in [7, 11) is 0. The highest BCUT2D eigenvalue weighted by molar-refractivity contribution is 5.19. The van der Waals surface area contributed by atoms with E-state index in [0.717, 1.165) is 31.1 Å². The summed E-state index contributed by atoms with van der Waals surface area (Å²) in [6.45, 7) is 10.1. The van der Waals surface area contributed by atoms with Crippen LogP contribution >= 0.6 is 0 Å². The minimum absolute atomic E-state index is 0.570. The molecule has 0 saturated heterocycles. The molecule has 1 rings (SSSR count). The molecule has 1 N–H and O–H groups in total. The van der Waals surface area contributed by atoms with E-state index in [2.05, 4.69) is 24.1 Å². The average Bonchev–Trinajstić information content (AvgIpc) is 2.36. The van der Waals surface area contributed by atoms with Crippen molar-refractivity contribution in [3.63, 3.8) is 0 Å². The Labute approximate surface area is 110 Å². The number of pyridine rings is 1. The SMILES string of the molecule is CCOCCOc1ccc(CNCC(C)C)nc1. The topological polar surface area (TPSA) is 43.4 Å². The molecule has 0 aliphatic carbocycles. The lowest BCUT2D eigenvalue weighted by Crippen LogP contribution is -2.19. The molecule has 0 radical (unpaired) electrons. The third kappa shape index (κ3) is 6.57. The van der Waals surface area contributed by atoms with Gasteiger partial charge in [0.2, 0.25) is 0 Å². The molecule has 0 atom stereocenters. The Morgan fingerprint density at radius 1 is 1.28 bits per heavy atom. The van der Waals surface area contributed by atoms with Gasteiger partial charge in [0, 0.05) is 13.2 Å². The Morgan fingerprint density at radius 2 is 2.11 bits per heavy atom. The van der Waals surface area contributed by atoms with Crippen molar-refractivity contribution in [2.45, 2.75) is 27.3 Å². The summed E-state index contributed by atoms with van der Waals surface area (Å²) in [5, 5.41) is 3.36. The molecule has 0 fully saturated rings. The summed E-state index contributed by atoms with van der Waals surface area (Å²) in [4.78, 5) is 4.35. The zero-order valence-corrected chi connectivity index (χ0v) is 11.6. The van der Waals surface area contributed by atoms with E-state index >= 15 is 0 Å². The van der Waals surface area contributed by atoms with E-state index in [0.29, 0.717) is 19.1 Å². The van der Waals surface area contributed by atoms with Gasteiger partial charge in [-0.1, -0.05) is 13.8 Å².